The number of para-hydroxylation sites is 1. The van der Waals surface area contributed by atoms with Crippen molar-refractivity contribution in [2.45, 2.75) is 0 Å². The van der Waals surface area contributed by atoms with Crippen molar-refractivity contribution in [3.05, 3.63) is 300 Å². The lowest BCUT2D eigenvalue weighted by atomic mass is 9.73. The molecule has 0 saturated heterocycles. The summed E-state index contributed by atoms with van der Waals surface area (Å²) in [6.07, 6.45) is 0. The fourth-order valence-corrected chi connectivity index (χ4v) is 12.4. The molecule has 0 spiro atoms. The Balaban J connectivity index is 1.22. The zero-order chi connectivity index (χ0) is 50.1. The first kappa shape index (κ1) is 43.6. The van der Waals surface area contributed by atoms with E-state index in [0.717, 1.165) is 122 Å². The molecule has 0 aromatic heterocycles. The Morgan fingerprint density at radius 2 is 0.566 bits per heavy atom. The standard InChI is InChI=1S/C74H46N2/c1-3-23-47(24-4-1)53-33-11-15-38-60(53)68-67(62-40-17-13-35-57(62)55-42-21-29-49-27-7-9-31-51(49)55)69(61-39-16-12-34-54(61)48-25-5-2-6-26-48)72-71-66(46-45-64-59-37-19-20-44-65(59)75-73(64)71)76-74(72)70(68)63-41-18-14-36-58(63)56-43-22-30-50-28-8-10-32-52(50)56/h1-46H. The lowest BCUT2D eigenvalue weighted by Gasteiger charge is -2.29. The molecular formula is C74H46N2. The Morgan fingerprint density at radius 3 is 1.13 bits per heavy atom. The van der Waals surface area contributed by atoms with Crippen LogP contribution in [0.4, 0.5) is 11.4 Å². The minimum atomic E-state index is 0.912. The molecule has 2 aliphatic rings. The average Bonchev–Trinajstić information content (AvgIpc) is 4.27. The molecule has 0 atom stereocenters. The Bertz CT molecular complexity index is 4740. The van der Waals surface area contributed by atoms with Gasteiger partial charge in [-0.15, -0.1) is 0 Å². The zero-order valence-electron chi connectivity index (χ0n) is 41.5. The molecule has 76 heavy (non-hydrogen) atoms. The van der Waals surface area contributed by atoms with Crippen molar-refractivity contribution in [3.63, 3.8) is 0 Å². The molecule has 0 amide bonds. The summed E-state index contributed by atoms with van der Waals surface area (Å²) >= 11 is 0. The van der Waals surface area contributed by atoms with Crippen molar-refractivity contribution in [3.8, 4) is 100 Å². The van der Waals surface area contributed by atoms with Gasteiger partial charge in [0.1, 0.15) is 0 Å². The molecule has 0 bridgehead atoms. The zero-order valence-corrected chi connectivity index (χ0v) is 41.5. The SMILES string of the molecule is c1ccc(-c2ccccc2-c2c(-c3ccccc3-c3cccc4ccccc34)c3c(c(-c4ccccc4-c4ccccc4)c2-c2ccccc2-c2cccc4ccccc24)-c2c4c(ccc2=N3)=c2ccccc2=N4)cc1. The van der Waals surface area contributed by atoms with E-state index in [1.54, 1.807) is 0 Å². The normalized spacial score (nSPS) is 11.9. The molecule has 2 heteroatoms. The van der Waals surface area contributed by atoms with E-state index >= 15 is 0 Å². The maximum absolute atomic E-state index is 6.00. The second-order valence-corrected chi connectivity index (χ2v) is 19.8. The first-order valence-electron chi connectivity index (χ1n) is 26.2. The van der Waals surface area contributed by atoms with Crippen LogP contribution in [0.2, 0.25) is 0 Å². The third-order valence-corrected chi connectivity index (χ3v) is 15.7. The fourth-order valence-electron chi connectivity index (χ4n) is 12.4. The number of benzene rings is 13. The Labute approximate surface area is 440 Å². The summed E-state index contributed by atoms with van der Waals surface area (Å²) in [5, 5.41) is 8.93. The molecule has 15 rings (SSSR count). The monoisotopic (exact) mass is 962 g/mol. The molecule has 2 aliphatic heterocycles. The van der Waals surface area contributed by atoms with E-state index in [0.29, 0.717) is 0 Å². The van der Waals surface area contributed by atoms with E-state index in [1.807, 2.05) is 0 Å². The predicted molar refractivity (Wildman–Crippen MR) is 316 cm³/mol. The van der Waals surface area contributed by atoms with Gasteiger partial charge in [-0.3, -0.25) is 0 Å². The van der Waals surface area contributed by atoms with Crippen LogP contribution in [0, 0.1) is 10.4 Å². The van der Waals surface area contributed by atoms with Crippen molar-refractivity contribution in [1.29, 1.82) is 0 Å². The van der Waals surface area contributed by atoms with Crippen LogP contribution in [0.5, 0.6) is 0 Å². The van der Waals surface area contributed by atoms with Crippen molar-refractivity contribution < 1.29 is 0 Å². The minimum Gasteiger partial charge on any atom is -0.247 e. The van der Waals surface area contributed by atoms with Gasteiger partial charge in [0.25, 0.3) is 0 Å². The molecule has 2 heterocycles. The number of hydrogen-bond donors (Lipinski definition) is 0. The summed E-state index contributed by atoms with van der Waals surface area (Å²) in [5.41, 5.74) is 22.1. The molecule has 0 aliphatic carbocycles. The lowest BCUT2D eigenvalue weighted by molar-refractivity contribution is 1.36. The summed E-state index contributed by atoms with van der Waals surface area (Å²) in [5.74, 6) is 0. The molecule has 352 valence electrons. The van der Waals surface area contributed by atoms with Crippen molar-refractivity contribution in [2.75, 3.05) is 0 Å². The summed E-state index contributed by atoms with van der Waals surface area (Å²) in [6.45, 7) is 0. The number of nitrogens with zero attached hydrogens (tertiary/aromatic N) is 2. The maximum atomic E-state index is 6.00. The molecule has 0 fully saturated rings. The maximum Gasteiger partial charge on any atom is 0.0817 e. The van der Waals surface area contributed by atoms with Gasteiger partial charge < -0.3 is 0 Å². The van der Waals surface area contributed by atoms with Crippen LogP contribution in [-0.2, 0) is 0 Å². The third kappa shape index (κ3) is 6.89. The Morgan fingerprint density at radius 1 is 0.184 bits per heavy atom. The van der Waals surface area contributed by atoms with E-state index in [4.69, 9.17) is 9.98 Å². The van der Waals surface area contributed by atoms with Crippen LogP contribution in [0.3, 0.4) is 0 Å². The fraction of sp³-hybridized carbons (Fsp3) is 0. The Hall–Kier alpha value is -10.0. The highest BCUT2D eigenvalue weighted by Crippen LogP contribution is 2.62. The highest BCUT2D eigenvalue weighted by molar-refractivity contribution is 6.20. The summed E-state index contributed by atoms with van der Waals surface area (Å²) in [4.78, 5) is 11.6. The van der Waals surface area contributed by atoms with Gasteiger partial charge in [-0.25, -0.2) is 9.98 Å². The predicted octanol–water partition coefficient (Wildman–Crippen LogP) is 18.8. The van der Waals surface area contributed by atoms with Gasteiger partial charge in [0.15, 0.2) is 0 Å². The van der Waals surface area contributed by atoms with Crippen LogP contribution < -0.4 is 10.7 Å². The number of rotatable bonds is 8. The Kier molecular flexibility index (Phi) is 10.2. The highest BCUT2D eigenvalue weighted by Gasteiger charge is 2.36. The van der Waals surface area contributed by atoms with E-state index in [-0.39, 0.29) is 0 Å². The molecule has 0 unspecified atom stereocenters. The smallest absolute Gasteiger partial charge is 0.0817 e. The van der Waals surface area contributed by atoms with E-state index in [1.165, 1.54) is 32.7 Å². The van der Waals surface area contributed by atoms with E-state index in [2.05, 4.69) is 279 Å². The summed E-state index contributed by atoms with van der Waals surface area (Å²) < 4.78 is 0. The largest absolute Gasteiger partial charge is 0.247 e. The highest BCUT2D eigenvalue weighted by atomic mass is 14.8. The molecule has 2 nitrogen and oxygen atoms in total. The number of fused-ring (bicyclic) bond motifs is 8. The lowest BCUT2D eigenvalue weighted by Crippen LogP contribution is -2.03. The second-order valence-electron chi connectivity index (χ2n) is 19.8. The van der Waals surface area contributed by atoms with Crippen LogP contribution in [0.25, 0.3) is 122 Å². The first-order valence-corrected chi connectivity index (χ1v) is 26.2. The van der Waals surface area contributed by atoms with Crippen molar-refractivity contribution in [1.82, 2.24) is 0 Å². The summed E-state index contributed by atoms with van der Waals surface area (Å²) in [7, 11) is 0. The van der Waals surface area contributed by atoms with Gasteiger partial charge in [-0.1, -0.05) is 261 Å². The van der Waals surface area contributed by atoms with Gasteiger partial charge in [-0.05, 0) is 112 Å². The first-order chi connectivity index (χ1) is 37.8. The van der Waals surface area contributed by atoms with Gasteiger partial charge in [0, 0.05) is 38.3 Å². The van der Waals surface area contributed by atoms with Crippen LogP contribution in [0.1, 0.15) is 0 Å². The second kappa shape index (κ2) is 17.9. The van der Waals surface area contributed by atoms with Crippen LogP contribution in [0.15, 0.2) is 289 Å². The topological polar surface area (TPSA) is 24.7 Å². The molecule has 13 aromatic rings. The van der Waals surface area contributed by atoms with Gasteiger partial charge in [0.05, 0.1) is 22.1 Å². The summed E-state index contributed by atoms with van der Waals surface area (Å²) in [6, 6.07) is 102. The minimum absolute atomic E-state index is 0.912. The number of hydrogen-bond acceptors (Lipinski definition) is 2. The molecule has 0 N–H and O–H groups in total. The van der Waals surface area contributed by atoms with Gasteiger partial charge >= 0.3 is 0 Å². The molecule has 0 saturated carbocycles. The molecule has 13 aromatic carbocycles. The average molecular weight is 963 g/mol. The third-order valence-electron chi connectivity index (χ3n) is 15.7. The quantitative estimate of drug-likeness (QED) is 0.145. The van der Waals surface area contributed by atoms with Gasteiger partial charge in [0.2, 0.25) is 0 Å². The van der Waals surface area contributed by atoms with Crippen LogP contribution in [-0.4, -0.2) is 0 Å². The van der Waals surface area contributed by atoms with Crippen molar-refractivity contribution in [2.24, 2.45) is 9.98 Å². The van der Waals surface area contributed by atoms with E-state index < -0.39 is 0 Å². The molecular weight excluding hydrogens is 917 g/mol. The molecule has 0 radical (unpaired) electrons. The van der Waals surface area contributed by atoms with Crippen LogP contribution >= 0.6 is 0 Å². The van der Waals surface area contributed by atoms with Gasteiger partial charge in [-0.2, -0.15) is 0 Å². The van der Waals surface area contributed by atoms with Crippen molar-refractivity contribution >= 4 is 32.9 Å². The van der Waals surface area contributed by atoms with E-state index in [9.17, 15) is 0 Å².